The number of amides is 2. The van der Waals surface area contributed by atoms with E-state index < -0.39 is 5.92 Å². The second-order valence-corrected chi connectivity index (χ2v) is 5.85. The molecule has 1 heterocycles. The fourth-order valence-corrected chi connectivity index (χ4v) is 1.98. The maximum atomic E-state index is 12.1. The van der Waals surface area contributed by atoms with Crippen molar-refractivity contribution in [2.24, 2.45) is 5.92 Å². The van der Waals surface area contributed by atoms with Crippen molar-refractivity contribution in [3.63, 3.8) is 0 Å². The molecule has 1 atom stereocenters. The number of hydrogen-bond acceptors (Lipinski definition) is 2. The molecule has 4 heteroatoms. The third-order valence-corrected chi connectivity index (χ3v) is 2.93. The van der Waals surface area contributed by atoms with Crippen LogP contribution in [0.2, 0.25) is 0 Å². The molecule has 1 fully saturated rings. The van der Waals surface area contributed by atoms with Crippen molar-refractivity contribution >= 4 is 11.8 Å². The highest BCUT2D eigenvalue weighted by atomic mass is 16.2. The summed E-state index contributed by atoms with van der Waals surface area (Å²) in [7, 11) is 0. The Kier molecular flexibility index (Phi) is 4.54. The molecular formula is C13H24N2O2. The highest BCUT2D eigenvalue weighted by molar-refractivity contribution is 6.00. The molecule has 0 radical (unpaired) electrons. The van der Waals surface area contributed by atoms with Crippen LogP contribution in [0.4, 0.5) is 0 Å². The molecule has 98 valence electrons. The van der Waals surface area contributed by atoms with E-state index in [1.807, 2.05) is 25.7 Å². The number of likely N-dealkylation sites (tertiary alicyclic amines) is 1. The van der Waals surface area contributed by atoms with E-state index in [1.54, 1.807) is 6.92 Å². The van der Waals surface area contributed by atoms with E-state index in [2.05, 4.69) is 5.32 Å². The van der Waals surface area contributed by atoms with Gasteiger partial charge in [0.2, 0.25) is 11.8 Å². The van der Waals surface area contributed by atoms with Gasteiger partial charge in [0.25, 0.3) is 0 Å². The first kappa shape index (κ1) is 14.0. The van der Waals surface area contributed by atoms with Crippen molar-refractivity contribution in [3.8, 4) is 0 Å². The van der Waals surface area contributed by atoms with E-state index in [-0.39, 0.29) is 17.4 Å². The smallest absolute Gasteiger partial charge is 0.234 e. The Balaban J connectivity index is 2.53. The average Bonchev–Trinajstić information content (AvgIpc) is 2.26. The maximum Gasteiger partial charge on any atom is 0.234 e. The van der Waals surface area contributed by atoms with Gasteiger partial charge >= 0.3 is 0 Å². The van der Waals surface area contributed by atoms with Gasteiger partial charge < -0.3 is 10.2 Å². The van der Waals surface area contributed by atoms with Gasteiger partial charge in [0.15, 0.2) is 0 Å². The van der Waals surface area contributed by atoms with Gasteiger partial charge in [-0.2, -0.15) is 0 Å². The van der Waals surface area contributed by atoms with Gasteiger partial charge in [0.05, 0.1) is 0 Å². The van der Waals surface area contributed by atoms with Gasteiger partial charge in [-0.1, -0.05) is 0 Å². The van der Waals surface area contributed by atoms with Crippen LogP contribution in [0, 0.1) is 5.92 Å². The first-order valence-electron chi connectivity index (χ1n) is 6.42. The van der Waals surface area contributed by atoms with Gasteiger partial charge in [0, 0.05) is 18.6 Å². The van der Waals surface area contributed by atoms with Crippen molar-refractivity contribution in [2.75, 3.05) is 13.1 Å². The predicted molar refractivity (Wildman–Crippen MR) is 67.5 cm³/mol. The number of nitrogens with zero attached hydrogens (tertiary/aromatic N) is 1. The summed E-state index contributed by atoms with van der Waals surface area (Å²) in [6, 6.07) is 0. The topological polar surface area (TPSA) is 49.4 Å². The summed E-state index contributed by atoms with van der Waals surface area (Å²) in [5.41, 5.74) is -0.284. The molecule has 0 bridgehead atoms. The van der Waals surface area contributed by atoms with Gasteiger partial charge in [-0.05, 0) is 47.0 Å². The highest BCUT2D eigenvalue weighted by Crippen LogP contribution is 2.13. The summed E-state index contributed by atoms with van der Waals surface area (Å²) in [4.78, 5) is 25.8. The van der Waals surface area contributed by atoms with Gasteiger partial charge in [-0.25, -0.2) is 0 Å². The minimum Gasteiger partial charge on any atom is -0.351 e. The summed E-state index contributed by atoms with van der Waals surface area (Å²) < 4.78 is 0. The Labute approximate surface area is 104 Å². The van der Waals surface area contributed by atoms with Crippen molar-refractivity contribution in [1.82, 2.24) is 10.2 Å². The van der Waals surface area contributed by atoms with Crippen LogP contribution < -0.4 is 5.32 Å². The Hall–Kier alpha value is -1.06. The Bertz CT molecular complexity index is 288. The Morgan fingerprint density at radius 3 is 2.12 bits per heavy atom. The normalized spacial score (nSPS) is 18.7. The monoisotopic (exact) mass is 240 g/mol. The van der Waals surface area contributed by atoms with E-state index in [0.717, 1.165) is 25.9 Å². The molecule has 1 saturated heterocycles. The molecule has 0 aliphatic carbocycles. The van der Waals surface area contributed by atoms with Crippen molar-refractivity contribution in [3.05, 3.63) is 0 Å². The molecule has 4 nitrogen and oxygen atoms in total. The molecule has 0 saturated carbocycles. The summed E-state index contributed by atoms with van der Waals surface area (Å²) in [5.74, 6) is -0.785. The minimum absolute atomic E-state index is 0.0357. The van der Waals surface area contributed by atoms with Crippen LogP contribution in [0.15, 0.2) is 0 Å². The van der Waals surface area contributed by atoms with Crippen LogP contribution in [0.3, 0.4) is 0 Å². The second-order valence-electron chi connectivity index (χ2n) is 5.85. The predicted octanol–water partition coefficient (Wildman–Crippen LogP) is 1.55. The number of nitrogens with one attached hydrogen (secondary N) is 1. The first-order chi connectivity index (χ1) is 7.81. The Morgan fingerprint density at radius 1 is 1.12 bits per heavy atom. The molecule has 2 amide bonds. The molecule has 1 aliphatic heterocycles. The summed E-state index contributed by atoms with van der Waals surface area (Å²) in [6.45, 7) is 9.05. The SMILES string of the molecule is CC(C(=O)NC(C)(C)C)C(=O)N1CCCCC1. The molecule has 1 unspecified atom stereocenters. The average molecular weight is 240 g/mol. The van der Waals surface area contributed by atoms with Crippen molar-refractivity contribution in [2.45, 2.75) is 52.5 Å². The number of rotatable bonds is 2. The van der Waals surface area contributed by atoms with E-state index >= 15 is 0 Å². The summed E-state index contributed by atoms with van der Waals surface area (Å²) >= 11 is 0. The molecule has 1 rings (SSSR count). The van der Waals surface area contributed by atoms with Crippen LogP contribution in [0.1, 0.15) is 47.0 Å². The number of hydrogen-bond donors (Lipinski definition) is 1. The second kappa shape index (κ2) is 5.52. The Morgan fingerprint density at radius 2 is 1.65 bits per heavy atom. The van der Waals surface area contributed by atoms with Crippen LogP contribution in [0.25, 0.3) is 0 Å². The van der Waals surface area contributed by atoms with Gasteiger partial charge in [-0.3, -0.25) is 9.59 Å². The van der Waals surface area contributed by atoms with Gasteiger partial charge in [-0.15, -0.1) is 0 Å². The van der Waals surface area contributed by atoms with Crippen LogP contribution >= 0.6 is 0 Å². The molecule has 0 aromatic heterocycles. The first-order valence-corrected chi connectivity index (χ1v) is 6.42. The lowest BCUT2D eigenvalue weighted by Gasteiger charge is -2.30. The lowest BCUT2D eigenvalue weighted by molar-refractivity contribution is -0.142. The minimum atomic E-state index is -0.577. The fourth-order valence-electron chi connectivity index (χ4n) is 1.98. The van der Waals surface area contributed by atoms with E-state index in [4.69, 9.17) is 0 Å². The highest BCUT2D eigenvalue weighted by Gasteiger charge is 2.29. The lowest BCUT2D eigenvalue weighted by Crippen LogP contribution is -2.49. The van der Waals surface area contributed by atoms with Gasteiger partial charge in [0.1, 0.15) is 5.92 Å². The molecule has 1 N–H and O–H groups in total. The third-order valence-electron chi connectivity index (χ3n) is 2.93. The molecule has 0 aromatic carbocycles. The third kappa shape index (κ3) is 4.36. The molecule has 1 aliphatic rings. The van der Waals surface area contributed by atoms with E-state index in [1.165, 1.54) is 6.42 Å². The lowest BCUT2D eigenvalue weighted by atomic mass is 10.0. The molecule has 0 aromatic rings. The summed E-state index contributed by atoms with van der Waals surface area (Å²) in [6.07, 6.45) is 3.30. The molecule has 17 heavy (non-hydrogen) atoms. The van der Waals surface area contributed by atoms with Crippen LogP contribution in [-0.2, 0) is 9.59 Å². The van der Waals surface area contributed by atoms with E-state index in [9.17, 15) is 9.59 Å². The fraction of sp³-hybridized carbons (Fsp3) is 0.846. The van der Waals surface area contributed by atoms with Crippen LogP contribution in [-0.4, -0.2) is 35.3 Å². The number of carbonyl (C=O) groups is 2. The molecule has 0 spiro atoms. The number of carbonyl (C=O) groups excluding carboxylic acids is 2. The maximum absolute atomic E-state index is 12.1. The molecular weight excluding hydrogens is 216 g/mol. The zero-order valence-corrected chi connectivity index (χ0v) is 11.4. The zero-order chi connectivity index (χ0) is 13.1. The van der Waals surface area contributed by atoms with Crippen molar-refractivity contribution < 1.29 is 9.59 Å². The number of piperidine rings is 1. The summed E-state index contributed by atoms with van der Waals surface area (Å²) in [5, 5.41) is 2.85. The largest absolute Gasteiger partial charge is 0.351 e. The zero-order valence-electron chi connectivity index (χ0n) is 11.4. The van der Waals surface area contributed by atoms with E-state index in [0.29, 0.717) is 0 Å². The quantitative estimate of drug-likeness (QED) is 0.744. The van der Waals surface area contributed by atoms with Crippen molar-refractivity contribution in [1.29, 1.82) is 0 Å². The van der Waals surface area contributed by atoms with Crippen LogP contribution in [0.5, 0.6) is 0 Å². The standard InChI is InChI=1S/C13H24N2O2/c1-10(11(16)14-13(2,3)4)12(17)15-8-6-5-7-9-15/h10H,5-9H2,1-4H3,(H,14,16).